The van der Waals surface area contributed by atoms with Gasteiger partial charge in [0.25, 0.3) is 0 Å². The van der Waals surface area contributed by atoms with E-state index in [9.17, 15) is 4.79 Å². The SMILES string of the molecule is C=CCN(CCO)C(=O)Nc1cccc(C(C)C)c1. The highest BCUT2D eigenvalue weighted by Gasteiger charge is 2.11. The Kier molecular flexibility index (Phi) is 6.09. The molecule has 0 radical (unpaired) electrons. The lowest BCUT2D eigenvalue weighted by Gasteiger charge is -2.20. The van der Waals surface area contributed by atoms with Crippen LogP contribution in [0.1, 0.15) is 25.3 Å². The molecule has 19 heavy (non-hydrogen) atoms. The van der Waals surface area contributed by atoms with E-state index in [2.05, 4.69) is 25.7 Å². The highest BCUT2D eigenvalue weighted by atomic mass is 16.3. The number of aliphatic hydroxyl groups excluding tert-OH is 1. The van der Waals surface area contributed by atoms with E-state index in [1.54, 1.807) is 6.08 Å². The predicted molar refractivity (Wildman–Crippen MR) is 78.4 cm³/mol. The van der Waals surface area contributed by atoms with Crippen LogP contribution in [-0.2, 0) is 0 Å². The first-order valence-corrected chi connectivity index (χ1v) is 6.46. The van der Waals surface area contributed by atoms with Crippen LogP contribution < -0.4 is 5.32 Å². The average Bonchev–Trinajstić information content (AvgIpc) is 2.38. The Hall–Kier alpha value is -1.81. The highest BCUT2D eigenvalue weighted by Crippen LogP contribution is 2.18. The van der Waals surface area contributed by atoms with Crippen LogP contribution in [0.4, 0.5) is 10.5 Å². The summed E-state index contributed by atoms with van der Waals surface area (Å²) in [6, 6.07) is 7.56. The molecule has 2 amide bonds. The number of urea groups is 1. The maximum absolute atomic E-state index is 12.0. The quantitative estimate of drug-likeness (QED) is 0.775. The van der Waals surface area contributed by atoms with Gasteiger partial charge in [0.1, 0.15) is 0 Å². The van der Waals surface area contributed by atoms with Crippen molar-refractivity contribution in [2.24, 2.45) is 0 Å². The largest absolute Gasteiger partial charge is 0.395 e. The smallest absolute Gasteiger partial charge is 0.322 e. The Bertz CT molecular complexity index is 430. The molecule has 4 nitrogen and oxygen atoms in total. The van der Waals surface area contributed by atoms with Gasteiger partial charge >= 0.3 is 6.03 Å². The summed E-state index contributed by atoms with van der Waals surface area (Å²) in [4.78, 5) is 13.5. The molecule has 0 heterocycles. The predicted octanol–water partition coefficient (Wildman–Crippen LogP) is 2.82. The monoisotopic (exact) mass is 262 g/mol. The first-order chi connectivity index (χ1) is 9.08. The molecule has 2 N–H and O–H groups in total. The summed E-state index contributed by atoms with van der Waals surface area (Å²) in [6.45, 7) is 8.47. The van der Waals surface area contributed by atoms with Gasteiger partial charge in [-0.05, 0) is 23.6 Å². The molecule has 0 aromatic heterocycles. The standard InChI is InChI=1S/C15H22N2O2/c1-4-8-17(9-10-18)15(19)16-14-7-5-6-13(11-14)12(2)3/h4-7,11-12,18H,1,8-10H2,2-3H3,(H,16,19). The van der Waals surface area contributed by atoms with Crippen LogP contribution in [0.15, 0.2) is 36.9 Å². The lowest BCUT2D eigenvalue weighted by atomic mass is 10.0. The van der Waals surface area contributed by atoms with E-state index in [1.165, 1.54) is 10.5 Å². The fourth-order valence-electron chi connectivity index (χ4n) is 1.73. The van der Waals surface area contributed by atoms with Crippen molar-refractivity contribution in [1.29, 1.82) is 0 Å². The van der Waals surface area contributed by atoms with Crippen LogP contribution in [0.25, 0.3) is 0 Å². The molecule has 1 rings (SSSR count). The van der Waals surface area contributed by atoms with Crippen LogP contribution in [0.3, 0.4) is 0 Å². The molecule has 0 aliphatic rings. The number of benzene rings is 1. The Morgan fingerprint density at radius 1 is 1.53 bits per heavy atom. The number of nitrogens with zero attached hydrogens (tertiary/aromatic N) is 1. The van der Waals surface area contributed by atoms with E-state index >= 15 is 0 Å². The van der Waals surface area contributed by atoms with Crippen LogP contribution in [0.5, 0.6) is 0 Å². The van der Waals surface area contributed by atoms with E-state index in [1.807, 2.05) is 24.3 Å². The van der Waals surface area contributed by atoms with Gasteiger partial charge < -0.3 is 15.3 Å². The first kappa shape index (κ1) is 15.2. The maximum atomic E-state index is 12.0. The molecule has 0 aliphatic heterocycles. The van der Waals surface area contributed by atoms with E-state index in [4.69, 9.17) is 5.11 Å². The molecule has 104 valence electrons. The Balaban J connectivity index is 2.74. The zero-order chi connectivity index (χ0) is 14.3. The zero-order valence-corrected chi connectivity index (χ0v) is 11.6. The third-order valence-corrected chi connectivity index (χ3v) is 2.81. The van der Waals surface area contributed by atoms with Gasteiger partial charge in [0.2, 0.25) is 0 Å². The summed E-state index contributed by atoms with van der Waals surface area (Å²) in [5, 5.41) is 11.8. The number of amides is 2. The lowest BCUT2D eigenvalue weighted by Crippen LogP contribution is -2.37. The van der Waals surface area contributed by atoms with Crippen molar-refractivity contribution in [3.63, 3.8) is 0 Å². The number of nitrogens with one attached hydrogen (secondary N) is 1. The number of hydrogen-bond donors (Lipinski definition) is 2. The molecule has 4 heteroatoms. The Morgan fingerprint density at radius 2 is 2.26 bits per heavy atom. The van der Waals surface area contributed by atoms with Gasteiger partial charge in [-0.3, -0.25) is 0 Å². The normalized spacial score (nSPS) is 10.3. The highest BCUT2D eigenvalue weighted by molar-refractivity contribution is 5.89. The summed E-state index contributed by atoms with van der Waals surface area (Å²) in [6.07, 6.45) is 1.64. The molecule has 1 aromatic carbocycles. The van der Waals surface area contributed by atoms with E-state index in [-0.39, 0.29) is 12.6 Å². The fraction of sp³-hybridized carbons (Fsp3) is 0.400. The molecule has 0 unspecified atom stereocenters. The van der Waals surface area contributed by atoms with Crippen molar-refractivity contribution in [3.8, 4) is 0 Å². The molecule has 0 saturated carbocycles. The number of aliphatic hydroxyl groups is 1. The Morgan fingerprint density at radius 3 is 2.84 bits per heavy atom. The van der Waals surface area contributed by atoms with E-state index in [0.717, 1.165) is 5.69 Å². The van der Waals surface area contributed by atoms with Gasteiger partial charge in [-0.2, -0.15) is 0 Å². The molecular formula is C15H22N2O2. The van der Waals surface area contributed by atoms with Gasteiger partial charge in [0, 0.05) is 18.8 Å². The van der Waals surface area contributed by atoms with Crippen molar-refractivity contribution in [3.05, 3.63) is 42.5 Å². The number of carbonyl (C=O) groups excluding carboxylic acids is 1. The summed E-state index contributed by atoms with van der Waals surface area (Å²) >= 11 is 0. The van der Waals surface area contributed by atoms with Crippen LogP contribution in [0, 0.1) is 0 Å². The van der Waals surface area contributed by atoms with Gasteiger partial charge in [-0.25, -0.2) is 4.79 Å². The minimum absolute atomic E-state index is 0.0622. The van der Waals surface area contributed by atoms with Gasteiger partial charge in [-0.15, -0.1) is 6.58 Å². The summed E-state index contributed by atoms with van der Waals surface area (Å²) < 4.78 is 0. The fourth-order valence-corrected chi connectivity index (χ4v) is 1.73. The second kappa shape index (κ2) is 7.59. The summed E-state index contributed by atoms with van der Waals surface area (Å²) in [5.74, 6) is 0.415. The first-order valence-electron chi connectivity index (χ1n) is 6.46. The molecule has 0 atom stereocenters. The Labute approximate surface area is 114 Å². The van der Waals surface area contributed by atoms with Gasteiger partial charge in [0.05, 0.1) is 6.61 Å². The number of hydrogen-bond acceptors (Lipinski definition) is 2. The van der Waals surface area contributed by atoms with Gasteiger partial charge in [-0.1, -0.05) is 32.1 Å². The van der Waals surface area contributed by atoms with Gasteiger partial charge in [0.15, 0.2) is 0 Å². The second-order valence-electron chi connectivity index (χ2n) is 4.67. The number of carbonyl (C=O) groups is 1. The van der Waals surface area contributed by atoms with Crippen LogP contribution in [0.2, 0.25) is 0 Å². The third-order valence-electron chi connectivity index (χ3n) is 2.81. The molecular weight excluding hydrogens is 240 g/mol. The number of rotatable bonds is 6. The van der Waals surface area contributed by atoms with E-state index < -0.39 is 0 Å². The number of anilines is 1. The van der Waals surface area contributed by atoms with Crippen LogP contribution in [-0.4, -0.2) is 35.7 Å². The van der Waals surface area contributed by atoms with Crippen molar-refractivity contribution in [2.75, 3.05) is 25.0 Å². The average molecular weight is 262 g/mol. The third kappa shape index (κ3) is 4.75. The van der Waals surface area contributed by atoms with Crippen molar-refractivity contribution < 1.29 is 9.90 Å². The molecule has 0 fully saturated rings. The molecule has 0 spiro atoms. The lowest BCUT2D eigenvalue weighted by molar-refractivity contribution is 0.195. The summed E-state index contributed by atoms with van der Waals surface area (Å²) in [7, 11) is 0. The maximum Gasteiger partial charge on any atom is 0.322 e. The minimum atomic E-state index is -0.227. The summed E-state index contributed by atoms with van der Waals surface area (Å²) in [5.41, 5.74) is 1.94. The van der Waals surface area contributed by atoms with Crippen molar-refractivity contribution in [1.82, 2.24) is 4.90 Å². The molecule has 1 aromatic rings. The molecule has 0 saturated heterocycles. The van der Waals surface area contributed by atoms with E-state index in [0.29, 0.717) is 19.0 Å². The molecule has 0 aliphatic carbocycles. The van der Waals surface area contributed by atoms with Crippen molar-refractivity contribution >= 4 is 11.7 Å². The molecule has 0 bridgehead atoms. The van der Waals surface area contributed by atoms with Crippen molar-refractivity contribution in [2.45, 2.75) is 19.8 Å². The topological polar surface area (TPSA) is 52.6 Å². The minimum Gasteiger partial charge on any atom is -0.395 e. The van der Waals surface area contributed by atoms with Crippen LogP contribution >= 0.6 is 0 Å². The zero-order valence-electron chi connectivity index (χ0n) is 11.6. The second-order valence-corrected chi connectivity index (χ2v) is 4.67.